The van der Waals surface area contributed by atoms with Crippen molar-refractivity contribution < 1.29 is 14.4 Å². The fraction of sp³-hybridized carbons (Fsp3) is 0.333. The van der Waals surface area contributed by atoms with Crippen LogP contribution in [-0.4, -0.2) is 35.3 Å². The van der Waals surface area contributed by atoms with Gasteiger partial charge in [-0.05, 0) is 24.5 Å². The van der Waals surface area contributed by atoms with Crippen molar-refractivity contribution >= 4 is 39.9 Å². The van der Waals surface area contributed by atoms with Crippen molar-refractivity contribution in [1.82, 2.24) is 10.3 Å². The van der Waals surface area contributed by atoms with Crippen molar-refractivity contribution in [3.63, 3.8) is 0 Å². The molecule has 0 radical (unpaired) electrons. The molecule has 1 atom stereocenters. The van der Waals surface area contributed by atoms with Gasteiger partial charge in [0.1, 0.15) is 6.04 Å². The summed E-state index contributed by atoms with van der Waals surface area (Å²) in [6.07, 6.45) is 1.93. The van der Waals surface area contributed by atoms with Crippen LogP contribution in [0.25, 0.3) is 0 Å². The molecule has 2 aromatic rings. The summed E-state index contributed by atoms with van der Waals surface area (Å²) in [4.78, 5) is 42.0. The number of nitrogens with zero attached hydrogens (tertiary/aromatic N) is 2. The second-order valence-corrected chi connectivity index (χ2v) is 7.25. The monoisotopic (exact) mass is 370 g/mol. The second kappa shape index (κ2) is 6.87. The summed E-state index contributed by atoms with van der Waals surface area (Å²) in [7, 11) is 0. The molecule has 1 aromatic carbocycles. The van der Waals surface area contributed by atoms with Crippen LogP contribution >= 0.6 is 11.3 Å². The van der Waals surface area contributed by atoms with Gasteiger partial charge in [-0.1, -0.05) is 18.2 Å². The molecule has 2 N–H and O–H groups in total. The maximum absolute atomic E-state index is 12.6. The van der Waals surface area contributed by atoms with Gasteiger partial charge >= 0.3 is 0 Å². The number of hydrogen-bond donors (Lipinski definition) is 2. The Morgan fingerprint density at radius 2 is 2.15 bits per heavy atom. The predicted octanol–water partition coefficient (Wildman–Crippen LogP) is 1.49. The van der Waals surface area contributed by atoms with Crippen molar-refractivity contribution in [1.29, 1.82) is 0 Å². The molecule has 0 aliphatic carbocycles. The average Bonchev–Trinajstić information content (AvgIpc) is 3.34. The summed E-state index contributed by atoms with van der Waals surface area (Å²) in [6.45, 7) is 0.688. The highest BCUT2D eigenvalue weighted by atomic mass is 32.1. The number of anilines is 2. The summed E-state index contributed by atoms with van der Waals surface area (Å²) in [6, 6.07) is 7.42. The van der Waals surface area contributed by atoms with Gasteiger partial charge < -0.3 is 15.5 Å². The fourth-order valence-electron chi connectivity index (χ4n) is 3.30. The van der Waals surface area contributed by atoms with E-state index in [4.69, 9.17) is 0 Å². The molecule has 4 rings (SSSR count). The number of hydrogen-bond acceptors (Lipinski definition) is 5. The van der Waals surface area contributed by atoms with Crippen LogP contribution in [0.15, 0.2) is 29.6 Å². The van der Waals surface area contributed by atoms with E-state index in [1.807, 2.05) is 24.3 Å². The summed E-state index contributed by atoms with van der Waals surface area (Å²) in [5, 5.41) is 7.56. The lowest BCUT2D eigenvalue weighted by molar-refractivity contribution is -0.122. The Labute approximate surface area is 154 Å². The van der Waals surface area contributed by atoms with E-state index < -0.39 is 6.04 Å². The highest BCUT2D eigenvalue weighted by Gasteiger charge is 2.28. The van der Waals surface area contributed by atoms with Gasteiger partial charge in [-0.3, -0.25) is 14.4 Å². The van der Waals surface area contributed by atoms with Crippen LogP contribution in [0.3, 0.4) is 0 Å². The van der Waals surface area contributed by atoms with Gasteiger partial charge in [0.05, 0.1) is 12.1 Å². The Morgan fingerprint density at radius 3 is 2.96 bits per heavy atom. The molecule has 0 spiro atoms. The highest BCUT2D eigenvalue weighted by molar-refractivity contribution is 7.13. The Morgan fingerprint density at radius 1 is 1.31 bits per heavy atom. The molecule has 0 saturated carbocycles. The predicted molar refractivity (Wildman–Crippen MR) is 98.1 cm³/mol. The summed E-state index contributed by atoms with van der Waals surface area (Å²) < 4.78 is 0. The highest BCUT2D eigenvalue weighted by Crippen LogP contribution is 2.28. The summed E-state index contributed by atoms with van der Waals surface area (Å²) in [5.41, 5.74) is 2.79. The van der Waals surface area contributed by atoms with Crippen LogP contribution in [0.2, 0.25) is 0 Å². The first-order valence-corrected chi connectivity index (χ1v) is 9.41. The number of carbonyl (C=O) groups is 3. The maximum Gasteiger partial charge on any atom is 0.248 e. The molecular weight excluding hydrogens is 352 g/mol. The first-order chi connectivity index (χ1) is 12.6. The Bertz CT molecular complexity index is 879. The van der Waals surface area contributed by atoms with Crippen molar-refractivity contribution in [3.8, 4) is 0 Å². The quantitative estimate of drug-likeness (QED) is 0.853. The molecular formula is C18H18N4O3S. The molecule has 7 nitrogen and oxygen atoms in total. The van der Waals surface area contributed by atoms with Gasteiger partial charge in [0.15, 0.2) is 5.13 Å². The van der Waals surface area contributed by atoms with E-state index in [0.29, 0.717) is 30.2 Å². The third-order valence-corrected chi connectivity index (χ3v) is 5.42. The first kappa shape index (κ1) is 16.7. The lowest BCUT2D eigenvalue weighted by Crippen LogP contribution is -2.37. The molecule has 3 amide bonds. The minimum absolute atomic E-state index is 0.00110. The zero-order chi connectivity index (χ0) is 18.1. The van der Waals surface area contributed by atoms with E-state index >= 15 is 0 Å². The Balaban J connectivity index is 1.37. The third kappa shape index (κ3) is 3.32. The summed E-state index contributed by atoms with van der Waals surface area (Å²) >= 11 is 1.28. The maximum atomic E-state index is 12.6. The zero-order valence-electron chi connectivity index (χ0n) is 14.0. The van der Waals surface area contributed by atoms with Crippen molar-refractivity contribution in [2.75, 3.05) is 16.8 Å². The van der Waals surface area contributed by atoms with Gasteiger partial charge in [0, 0.05) is 24.0 Å². The molecule has 1 aromatic heterocycles. The largest absolute Gasteiger partial charge is 0.344 e. The van der Waals surface area contributed by atoms with E-state index in [0.717, 1.165) is 12.1 Å². The standard InChI is InChI=1S/C18H18N4O3S/c23-15-6-5-13(20-15)17(25)21-18-19-12(10-26-18)9-16(24)22-8-7-11-3-1-2-4-14(11)22/h1-4,10,13H,5-9H2,(H,20,23)(H,19,21,25)/t13-/m1/s1. The lowest BCUT2D eigenvalue weighted by atomic mass is 10.2. The van der Waals surface area contributed by atoms with Crippen molar-refractivity contribution in [2.45, 2.75) is 31.7 Å². The van der Waals surface area contributed by atoms with Gasteiger partial charge in [-0.2, -0.15) is 0 Å². The lowest BCUT2D eigenvalue weighted by Gasteiger charge is -2.16. The molecule has 2 aliphatic heterocycles. The van der Waals surface area contributed by atoms with Crippen LogP contribution < -0.4 is 15.5 Å². The topological polar surface area (TPSA) is 91.4 Å². The molecule has 3 heterocycles. The van der Waals surface area contributed by atoms with E-state index in [-0.39, 0.29) is 24.1 Å². The Hall–Kier alpha value is -2.74. The smallest absolute Gasteiger partial charge is 0.248 e. The van der Waals surface area contributed by atoms with Crippen LogP contribution in [0.1, 0.15) is 24.1 Å². The Kier molecular flexibility index (Phi) is 4.42. The molecule has 0 bridgehead atoms. The third-order valence-electron chi connectivity index (χ3n) is 4.61. The molecule has 0 unspecified atom stereocenters. The zero-order valence-corrected chi connectivity index (χ0v) is 14.8. The van der Waals surface area contributed by atoms with Gasteiger partial charge in [0.25, 0.3) is 0 Å². The molecule has 134 valence electrons. The summed E-state index contributed by atoms with van der Waals surface area (Å²) in [5.74, 6) is -0.376. The van der Waals surface area contributed by atoms with E-state index in [1.54, 1.807) is 10.3 Å². The minimum Gasteiger partial charge on any atom is -0.344 e. The number of thiazole rings is 1. The molecule has 26 heavy (non-hydrogen) atoms. The molecule has 8 heteroatoms. The first-order valence-electron chi connectivity index (χ1n) is 8.53. The second-order valence-electron chi connectivity index (χ2n) is 6.39. The SMILES string of the molecule is O=C1CC[C@H](C(=O)Nc2nc(CC(=O)N3CCc4ccccc43)cs2)N1. The minimum atomic E-state index is -0.502. The van der Waals surface area contributed by atoms with Crippen LogP contribution in [-0.2, 0) is 27.2 Å². The van der Waals surface area contributed by atoms with E-state index in [2.05, 4.69) is 15.6 Å². The van der Waals surface area contributed by atoms with Gasteiger partial charge in [-0.25, -0.2) is 4.98 Å². The van der Waals surface area contributed by atoms with Gasteiger partial charge in [-0.15, -0.1) is 11.3 Å². The van der Waals surface area contributed by atoms with Crippen LogP contribution in [0.5, 0.6) is 0 Å². The number of amides is 3. The molecule has 2 aliphatic rings. The number of aromatic nitrogens is 1. The van der Waals surface area contributed by atoms with E-state index in [9.17, 15) is 14.4 Å². The number of nitrogens with one attached hydrogen (secondary N) is 2. The van der Waals surface area contributed by atoms with E-state index in [1.165, 1.54) is 16.9 Å². The number of carbonyl (C=O) groups excluding carboxylic acids is 3. The molecule has 1 saturated heterocycles. The number of fused-ring (bicyclic) bond motifs is 1. The average molecular weight is 370 g/mol. The number of benzene rings is 1. The number of para-hydroxylation sites is 1. The fourth-order valence-corrected chi connectivity index (χ4v) is 4.01. The van der Waals surface area contributed by atoms with Crippen LogP contribution in [0.4, 0.5) is 10.8 Å². The molecule has 1 fully saturated rings. The van der Waals surface area contributed by atoms with Crippen molar-refractivity contribution in [3.05, 3.63) is 40.9 Å². The number of rotatable bonds is 4. The normalized spacial score (nSPS) is 18.5. The van der Waals surface area contributed by atoms with Crippen LogP contribution in [0, 0.1) is 0 Å². The van der Waals surface area contributed by atoms with Gasteiger partial charge in [0.2, 0.25) is 17.7 Å². The van der Waals surface area contributed by atoms with Crippen molar-refractivity contribution in [2.24, 2.45) is 0 Å².